The first-order valence-electron chi connectivity index (χ1n) is 5.93. The average Bonchev–Trinajstić information content (AvgIpc) is 2.27. The van der Waals surface area contributed by atoms with Gasteiger partial charge in [-0.1, -0.05) is 19.9 Å². The van der Waals surface area contributed by atoms with Gasteiger partial charge in [-0.3, -0.25) is 4.79 Å². The molecule has 0 radical (unpaired) electrons. The molecule has 1 amide bonds. The lowest BCUT2D eigenvalue weighted by Crippen LogP contribution is -2.30. The van der Waals surface area contributed by atoms with E-state index in [2.05, 4.69) is 10.6 Å². The van der Waals surface area contributed by atoms with E-state index in [1.165, 1.54) is 12.1 Å². The second-order valence-electron chi connectivity index (χ2n) is 4.37. The SMILES string of the molecule is CC(C)NCCC(=O)NCc1ccc(F)cc1F. The van der Waals surface area contributed by atoms with Crippen LogP contribution < -0.4 is 10.6 Å². The van der Waals surface area contributed by atoms with Gasteiger partial charge in [0.15, 0.2) is 0 Å². The van der Waals surface area contributed by atoms with E-state index in [-0.39, 0.29) is 18.0 Å². The highest BCUT2D eigenvalue weighted by atomic mass is 19.1. The predicted octanol–water partition coefficient (Wildman–Crippen LogP) is 1.97. The molecule has 0 aliphatic rings. The van der Waals surface area contributed by atoms with Crippen LogP contribution in [0.15, 0.2) is 18.2 Å². The van der Waals surface area contributed by atoms with E-state index in [4.69, 9.17) is 0 Å². The van der Waals surface area contributed by atoms with E-state index in [9.17, 15) is 13.6 Å². The van der Waals surface area contributed by atoms with Crippen LogP contribution in [-0.2, 0) is 11.3 Å². The molecule has 5 heteroatoms. The Morgan fingerprint density at radius 2 is 2.06 bits per heavy atom. The van der Waals surface area contributed by atoms with Gasteiger partial charge in [-0.15, -0.1) is 0 Å². The summed E-state index contributed by atoms with van der Waals surface area (Å²) >= 11 is 0. The van der Waals surface area contributed by atoms with Crippen molar-refractivity contribution < 1.29 is 13.6 Å². The maximum atomic E-state index is 13.3. The predicted molar refractivity (Wildman–Crippen MR) is 66.0 cm³/mol. The minimum absolute atomic E-state index is 0.0760. The second kappa shape index (κ2) is 7.06. The quantitative estimate of drug-likeness (QED) is 0.817. The molecule has 0 spiro atoms. The Kier molecular flexibility index (Phi) is 5.71. The summed E-state index contributed by atoms with van der Waals surface area (Å²) in [5.41, 5.74) is 0.279. The third-order valence-corrected chi connectivity index (χ3v) is 2.40. The first-order valence-corrected chi connectivity index (χ1v) is 5.93. The Labute approximate surface area is 106 Å². The van der Waals surface area contributed by atoms with Crippen LogP contribution in [0, 0.1) is 11.6 Å². The molecule has 0 heterocycles. The molecule has 100 valence electrons. The van der Waals surface area contributed by atoms with Crippen LogP contribution in [0.25, 0.3) is 0 Å². The zero-order valence-corrected chi connectivity index (χ0v) is 10.6. The van der Waals surface area contributed by atoms with Crippen molar-refractivity contribution in [1.29, 1.82) is 0 Å². The fraction of sp³-hybridized carbons (Fsp3) is 0.462. The number of carbonyl (C=O) groups is 1. The van der Waals surface area contributed by atoms with Crippen LogP contribution >= 0.6 is 0 Å². The molecule has 1 rings (SSSR count). The minimum atomic E-state index is -0.643. The van der Waals surface area contributed by atoms with Gasteiger partial charge in [0.25, 0.3) is 0 Å². The van der Waals surface area contributed by atoms with E-state index in [0.29, 0.717) is 19.0 Å². The molecule has 0 aliphatic carbocycles. The summed E-state index contributed by atoms with van der Waals surface area (Å²) < 4.78 is 25.9. The summed E-state index contributed by atoms with van der Waals surface area (Å²) in [7, 11) is 0. The van der Waals surface area contributed by atoms with Crippen molar-refractivity contribution in [3.8, 4) is 0 Å². The van der Waals surface area contributed by atoms with Crippen LogP contribution in [-0.4, -0.2) is 18.5 Å². The van der Waals surface area contributed by atoms with Gasteiger partial charge in [-0.25, -0.2) is 8.78 Å². The molecule has 0 unspecified atom stereocenters. The molecule has 0 aromatic heterocycles. The highest BCUT2D eigenvalue weighted by Gasteiger charge is 2.06. The molecule has 1 aromatic carbocycles. The van der Waals surface area contributed by atoms with E-state index < -0.39 is 11.6 Å². The summed E-state index contributed by atoms with van der Waals surface area (Å²) in [5, 5.41) is 5.70. The average molecular weight is 256 g/mol. The fourth-order valence-corrected chi connectivity index (χ4v) is 1.42. The molecular weight excluding hydrogens is 238 g/mol. The summed E-state index contributed by atoms with van der Waals surface area (Å²) in [6.07, 6.45) is 0.334. The molecule has 0 saturated heterocycles. The van der Waals surface area contributed by atoms with Crippen molar-refractivity contribution in [3.05, 3.63) is 35.4 Å². The van der Waals surface area contributed by atoms with Crippen LogP contribution in [0.4, 0.5) is 8.78 Å². The van der Waals surface area contributed by atoms with Gasteiger partial charge in [0.05, 0.1) is 0 Å². The largest absolute Gasteiger partial charge is 0.352 e. The number of nitrogens with one attached hydrogen (secondary N) is 2. The van der Waals surface area contributed by atoms with E-state index in [0.717, 1.165) is 6.07 Å². The highest BCUT2D eigenvalue weighted by molar-refractivity contribution is 5.76. The van der Waals surface area contributed by atoms with Gasteiger partial charge in [0.1, 0.15) is 11.6 Å². The maximum Gasteiger partial charge on any atom is 0.221 e. The Bertz CT molecular complexity index is 408. The van der Waals surface area contributed by atoms with Gasteiger partial charge in [-0.2, -0.15) is 0 Å². The highest BCUT2D eigenvalue weighted by Crippen LogP contribution is 2.08. The van der Waals surface area contributed by atoms with Gasteiger partial charge in [0.2, 0.25) is 5.91 Å². The van der Waals surface area contributed by atoms with Crippen LogP contribution in [0.3, 0.4) is 0 Å². The molecular formula is C13H18F2N2O. The Morgan fingerprint density at radius 1 is 1.33 bits per heavy atom. The van der Waals surface area contributed by atoms with Crippen molar-refractivity contribution >= 4 is 5.91 Å². The number of carbonyl (C=O) groups excluding carboxylic acids is 1. The van der Waals surface area contributed by atoms with Crippen LogP contribution in [0.5, 0.6) is 0 Å². The van der Waals surface area contributed by atoms with Gasteiger partial charge in [-0.05, 0) is 6.07 Å². The smallest absolute Gasteiger partial charge is 0.221 e. The zero-order valence-electron chi connectivity index (χ0n) is 10.6. The summed E-state index contributed by atoms with van der Waals surface area (Å²) in [4.78, 5) is 11.4. The van der Waals surface area contributed by atoms with Crippen molar-refractivity contribution in [2.45, 2.75) is 32.9 Å². The molecule has 0 saturated carbocycles. The van der Waals surface area contributed by atoms with Crippen molar-refractivity contribution in [2.75, 3.05) is 6.54 Å². The first-order chi connectivity index (χ1) is 8.49. The van der Waals surface area contributed by atoms with Crippen LogP contribution in [0.1, 0.15) is 25.8 Å². The molecule has 2 N–H and O–H groups in total. The third kappa shape index (κ3) is 5.23. The Morgan fingerprint density at radius 3 is 2.67 bits per heavy atom. The number of hydrogen-bond donors (Lipinski definition) is 2. The lowest BCUT2D eigenvalue weighted by atomic mass is 10.2. The Balaban J connectivity index is 2.33. The summed E-state index contributed by atoms with van der Waals surface area (Å²) in [5.74, 6) is -1.42. The van der Waals surface area contributed by atoms with Gasteiger partial charge in [0, 0.05) is 37.2 Å². The maximum absolute atomic E-state index is 13.3. The standard InChI is InChI=1S/C13H18F2N2O/c1-9(2)16-6-5-13(18)17-8-10-3-4-11(14)7-12(10)15/h3-4,7,9,16H,5-6,8H2,1-2H3,(H,17,18). The second-order valence-corrected chi connectivity index (χ2v) is 4.37. The number of hydrogen-bond acceptors (Lipinski definition) is 2. The molecule has 0 aliphatic heterocycles. The molecule has 18 heavy (non-hydrogen) atoms. The van der Waals surface area contributed by atoms with E-state index in [1.54, 1.807) is 0 Å². The monoisotopic (exact) mass is 256 g/mol. The third-order valence-electron chi connectivity index (χ3n) is 2.40. The molecule has 0 atom stereocenters. The van der Waals surface area contributed by atoms with Crippen molar-refractivity contribution in [1.82, 2.24) is 10.6 Å². The summed E-state index contributed by atoms with van der Waals surface area (Å²) in [6.45, 7) is 4.64. The molecule has 1 aromatic rings. The van der Waals surface area contributed by atoms with E-state index >= 15 is 0 Å². The lowest BCUT2D eigenvalue weighted by molar-refractivity contribution is -0.121. The molecule has 0 bridgehead atoms. The van der Waals surface area contributed by atoms with Crippen LogP contribution in [0.2, 0.25) is 0 Å². The zero-order chi connectivity index (χ0) is 13.5. The van der Waals surface area contributed by atoms with Gasteiger partial charge < -0.3 is 10.6 Å². The number of halogens is 2. The normalized spacial score (nSPS) is 10.7. The van der Waals surface area contributed by atoms with Crippen molar-refractivity contribution in [2.24, 2.45) is 0 Å². The first kappa shape index (κ1) is 14.6. The topological polar surface area (TPSA) is 41.1 Å². The number of amides is 1. The molecule has 3 nitrogen and oxygen atoms in total. The van der Waals surface area contributed by atoms with E-state index in [1.807, 2.05) is 13.8 Å². The lowest BCUT2D eigenvalue weighted by Gasteiger charge is -2.09. The number of rotatable bonds is 6. The molecule has 0 fully saturated rings. The number of benzene rings is 1. The fourth-order valence-electron chi connectivity index (χ4n) is 1.42. The Hall–Kier alpha value is -1.49. The van der Waals surface area contributed by atoms with Crippen molar-refractivity contribution in [3.63, 3.8) is 0 Å². The minimum Gasteiger partial charge on any atom is -0.352 e. The summed E-state index contributed by atoms with van der Waals surface area (Å²) in [6, 6.07) is 3.64. The van der Waals surface area contributed by atoms with Gasteiger partial charge >= 0.3 is 0 Å².